The molecule has 0 spiro atoms. The van der Waals surface area contributed by atoms with Crippen LogP contribution >= 0.6 is 9.24 Å². The molecule has 0 aliphatic carbocycles. The Morgan fingerprint density at radius 1 is 1.28 bits per heavy atom. The van der Waals surface area contributed by atoms with Gasteiger partial charge in [0.05, 0.1) is 6.54 Å². The quantitative estimate of drug-likeness (QED) is 0.592. The molecule has 1 rings (SSSR count). The summed E-state index contributed by atoms with van der Waals surface area (Å²) >= 11 is 0. The molecule has 2 N–H and O–H groups in total. The number of ether oxygens (including phenoxy) is 1. The second-order valence-corrected chi connectivity index (χ2v) is 3.82. The Balaban J connectivity index is 2.46. The Morgan fingerprint density at radius 3 is 2.50 bits per heavy atom. The van der Waals surface area contributed by atoms with E-state index >= 15 is 0 Å². The molecule has 0 aliphatic heterocycles. The number of carbonyl (C=O) groups is 3. The first-order chi connectivity index (χ1) is 8.61. The highest BCUT2D eigenvalue weighted by atomic mass is 31.0. The van der Waals surface area contributed by atoms with E-state index in [1.54, 1.807) is 24.3 Å². The zero-order valence-electron chi connectivity index (χ0n) is 9.51. The zero-order chi connectivity index (χ0) is 13.4. The third-order valence-electron chi connectivity index (χ3n) is 1.96. The molecule has 1 aromatic rings. The summed E-state index contributed by atoms with van der Waals surface area (Å²) in [6, 6.07) is 6.84. The lowest BCUT2D eigenvalue weighted by Crippen LogP contribution is -2.26. The van der Waals surface area contributed by atoms with Crippen molar-refractivity contribution in [1.29, 1.82) is 0 Å². The number of hydrogen-bond acceptors (Lipinski definition) is 4. The van der Waals surface area contributed by atoms with Crippen LogP contribution in [0, 0.1) is 0 Å². The summed E-state index contributed by atoms with van der Waals surface area (Å²) in [6.45, 7) is 0.110. The minimum absolute atomic E-state index is 0.0735. The van der Waals surface area contributed by atoms with Crippen LogP contribution in [0.2, 0.25) is 0 Å². The monoisotopic (exact) mass is 268 g/mol. The zero-order valence-corrected chi connectivity index (χ0v) is 10.7. The molecule has 96 valence electrons. The van der Waals surface area contributed by atoms with E-state index in [2.05, 4.69) is 10.6 Å². The Hall–Kier alpha value is -1.94. The van der Waals surface area contributed by atoms with Crippen molar-refractivity contribution in [3.63, 3.8) is 0 Å². The van der Waals surface area contributed by atoms with Crippen molar-refractivity contribution >= 4 is 33.0 Å². The molecule has 18 heavy (non-hydrogen) atoms. The van der Waals surface area contributed by atoms with Crippen molar-refractivity contribution in [2.75, 3.05) is 11.9 Å². The van der Waals surface area contributed by atoms with Crippen LogP contribution in [0.15, 0.2) is 24.3 Å². The molecule has 6 nitrogen and oxygen atoms in total. The number of anilines is 1. The maximum atomic E-state index is 11.3. The van der Waals surface area contributed by atoms with E-state index in [1.165, 1.54) is 0 Å². The predicted molar refractivity (Wildman–Crippen MR) is 69.0 cm³/mol. The maximum Gasteiger partial charge on any atom is 0.320 e. The molecule has 0 fully saturated rings. The molecular formula is C11H13N2O4P. The summed E-state index contributed by atoms with van der Waals surface area (Å²) in [4.78, 5) is 31.8. The largest absolute Gasteiger partial charge is 0.458 e. The van der Waals surface area contributed by atoms with Gasteiger partial charge in [0.1, 0.15) is 6.61 Å². The van der Waals surface area contributed by atoms with Gasteiger partial charge in [0.15, 0.2) is 0 Å². The molecule has 2 amide bonds. The number of carbonyl (C=O) groups excluding carboxylic acids is 3. The van der Waals surface area contributed by atoms with Gasteiger partial charge < -0.3 is 15.4 Å². The van der Waals surface area contributed by atoms with Crippen molar-refractivity contribution in [1.82, 2.24) is 5.32 Å². The Labute approximate surface area is 106 Å². The number of rotatable bonds is 6. The van der Waals surface area contributed by atoms with E-state index in [0.717, 1.165) is 5.56 Å². The third kappa shape index (κ3) is 5.41. The van der Waals surface area contributed by atoms with Gasteiger partial charge in [-0.1, -0.05) is 12.1 Å². The van der Waals surface area contributed by atoms with Gasteiger partial charge in [-0.2, -0.15) is 0 Å². The van der Waals surface area contributed by atoms with Gasteiger partial charge in [-0.3, -0.25) is 9.59 Å². The molecule has 7 heteroatoms. The molecule has 1 atom stereocenters. The molecule has 0 aliphatic rings. The molecule has 0 aromatic heterocycles. The van der Waals surface area contributed by atoms with E-state index < -0.39 is 5.71 Å². The van der Waals surface area contributed by atoms with Gasteiger partial charge in [0, 0.05) is 5.69 Å². The van der Waals surface area contributed by atoms with Gasteiger partial charge in [0.25, 0.3) is 0 Å². The minimum atomic E-state index is -0.424. The molecule has 0 saturated heterocycles. The Kier molecular flexibility index (Phi) is 5.80. The standard InChI is InChI=1S/C11H13N2O4P/c14-7-12-5-10(15)13-9-3-1-8(2-4-9)6-17-11(16)18/h1-4,7H,5-6,18H2,(H,12,14)(H,13,15). The van der Waals surface area contributed by atoms with Crippen LogP contribution in [0.4, 0.5) is 10.5 Å². The SMILES string of the molecule is O=CNCC(=O)Nc1ccc(COC(=O)P)cc1. The summed E-state index contributed by atoms with van der Waals surface area (Å²) in [7, 11) is 1.92. The first-order valence-corrected chi connectivity index (χ1v) is 5.67. The summed E-state index contributed by atoms with van der Waals surface area (Å²) in [6.07, 6.45) is 0.458. The molecule has 0 heterocycles. The van der Waals surface area contributed by atoms with Crippen molar-refractivity contribution in [2.24, 2.45) is 0 Å². The fraction of sp³-hybridized carbons (Fsp3) is 0.182. The Morgan fingerprint density at radius 2 is 1.94 bits per heavy atom. The second-order valence-electron chi connectivity index (χ2n) is 3.35. The van der Waals surface area contributed by atoms with E-state index in [1.807, 2.05) is 9.24 Å². The maximum absolute atomic E-state index is 11.3. The summed E-state index contributed by atoms with van der Waals surface area (Å²) < 4.78 is 4.79. The lowest BCUT2D eigenvalue weighted by Gasteiger charge is -2.06. The minimum Gasteiger partial charge on any atom is -0.458 e. The highest BCUT2D eigenvalue weighted by Gasteiger charge is 2.01. The topological polar surface area (TPSA) is 84.5 Å². The predicted octanol–water partition coefficient (Wildman–Crippen LogP) is 0.883. The summed E-state index contributed by atoms with van der Waals surface area (Å²) in [5.74, 6) is -0.314. The molecule has 0 bridgehead atoms. The van der Waals surface area contributed by atoms with Crippen LogP contribution in [0.25, 0.3) is 0 Å². The summed E-state index contributed by atoms with van der Waals surface area (Å²) in [5, 5.41) is 4.86. The van der Waals surface area contributed by atoms with E-state index in [-0.39, 0.29) is 19.1 Å². The van der Waals surface area contributed by atoms with Gasteiger partial charge in [-0.05, 0) is 26.9 Å². The first-order valence-electron chi connectivity index (χ1n) is 5.10. The number of nitrogens with one attached hydrogen (secondary N) is 2. The smallest absolute Gasteiger partial charge is 0.320 e. The molecule has 0 saturated carbocycles. The first kappa shape index (κ1) is 14.1. The molecular weight excluding hydrogens is 255 g/mol. The van der Waals surface area contributed by atoms with Crippen LogP contribution in [0.5, 0.6) is 0 Å². The lowest BCUT2D eigenvalue weighted by molar-refractivity contribution is -0.118. The number of amides is 2. The highest BCUT2D eigenvalue weighted by Crippen LogP contribution is 2.11. The molecule has 1 unspecified atom stereocenters. The van der Waals surface area contributed by atoms with Crippen molar-refractivity contribution in [2.45, 2.75) is 6.61 Å². The number of benzene rings is 1. The van der Waals surface area contributed by atoms with Gasteiger partial charge in [-0.15, -0.1) is 0 Å². The second kappa shape index (κ2) is 7.40. The van der Waals surface area contributed by atoms with Crippen molar-refractivity contribution in [3.05, 3.63) is 29.8 Å². The van der Waals surface area contributed by atoms with Crippen molar-refractivity contribution < 1.29 is 19.1 Å². The van der Waals surface area contributed by atoms with E-state index in [4.69, 9.17) is 4.74 Å². The lowest BCUT2D eigenvalue weighted by atomic mass is 10.2. The van der Waals surface area contributed by atoms with Crippen LogP contribution in [-0.2, 0) is 20.9 Å². The Bertz CT molecular complexity index is 433. The summed E-state index contributed by atoms with van der Waals surface area (Å²) in [5.41, 5.74) is 0.996. The average Bonchev–Trinajstić information content (AvgIpc) is 2.35. The normalized spacial score (nSPS) is 9.39. The van der Waals surface area contributed by atoms with E-state index in [0.29, 0.717) is 12.1 Å². The van der Waals surface area contributed by atoms with Crippen LogP contribution in [-0.4, -0.2) is 24.6 Å². The fourth-order valence-corrected chi connectivity index (χ4v) is 1.26. The van der Waals surface area contributed by atoms with E-state index in [9.17, 15) is 14.4 Å². The van der Waals surface area contributed by atoms with Crippen LogP contribution in [0.3, 0.4) is 0 Å². The number of hydrogen-bond donors (Lipinski definition) is 2. The van der Waals surface area contributed by atoms with Crippen LogP contribution in [0.1, 0.15) is 5.56 Å². The van der Waals surface area contributed by atoms with Gasteiger partial charge in [0.2, 0.25) is 12.3 Å². The fourth-order valence-electron chi connectivity index (χ4n) is 1.18. The van der Waals surface area contributed by atoms with Gasteiger partial charge >= 0.3 is 5.71 Å². The van der Waals surface area contributed by atoms with Gasteiger partial charge in [-0.25, -0.2) is 4.79 Å². The van der Waals surface area contributed by atoms with Crippen LogP contribution < -0.4 is 10.6 Å². The third-order valence-corrected chi connectivity index (χ3v) is 2.13. The molecule has 0 radical (unpaired) electrons. The average molecular weight is 268 g/mol. The molecule has 1 aromatic carbocycles. The van der Waals surface area contributed by atoms with Crippen molar-refractivity contribution in [3.8, 4) is 0 Å². The highest BCUT2D eigenvalue weighted by molar-refractivity contribution is 7.39.